The van der Waals surface area contributed by atoms with Gasteiger partial charge in [-0.25, -0.2) is 0 Å². The Morgan fingerprint density at radius 3 is 2.00 bits per heavy atom. The number of halogens is 1. The van der Waals surface area contributed by atoms with Crippen molar-refractivity contribution in [3.63, 3.8) is 0 Å². The Balaban J connectivity index is 0.000000151. The highest BCUT2D eigenvalue weighted by atomic mass is 35.5. The maximum atomic E-state index is 5.54. The smallest absolute Gasteiger partial charge is 0.0405 e. The summed E-state index contributed by atoms with van der Waals surface area (Å²) in [6.45, 7) is 6.18. The van der Waals surface area contributed by atoms with E-state index in [-0.39, 0.29) is 0 Å². The molecule has 0 atom stereocenters. The van der Waals surface area contributed by atoms with Crippen molar-refractivity contribution < 1.29 is 0 Å². The van der Waals surface area contributed by atoms with Gasteiger partial charge >= 0.3 is 0 Å². The summed E-state index contributed by atoms with van der Waals surface area (Å²) in [5.74, 6) is 0. The highest BCUT2D eigenvalue weighted by Crippen LogP contribution is 2.06. The second-order valence-corrected chi connectivity index (χ2v) is 4.23. The van der Waals surface area contributed by atoms with Crippen molar-refractivity contribution >= 4 is 11.6 Å². The summed E-state index contributed by atoms with van der Waals surface area (Å²) >= 11 is 5.54. The Morgan fingerprint density at radius 1 is 1.07 bits per heavy atom. The van der Waals surface area contributed by atoms with Crippen LogP contribution in [0.1, 0.15) is 26.2 Å². The van der Waals surface area contributed by atoms with Crippen LogP contribution in [0.15, 0.2) is 30.3 Å². The molecule has 0 bridgehead atoms. The molecule has 1 heterocycles. The summed E-state index contributed by atoms with van der Waals surface area (Å²) in [5, 5.41) is 0.794. The topological polar surface area (TPSA) is 3.24 Å². The van der Waals surface area contributed by atoms with Crippen molar-refractivity contribution in [1.82, 2.24) is 4.90 Å². The number of benzene rings is 1. The molecule has 1 aliphatic heterocycles. The van der Waals surface area contributed by atoms with Crippen LogP contribution >= 0.6 is 11.6 Å². The summed E-state index contributed by atoms with van der Waals surface area (Å²) < 4.78 is 0. The zero-order valence-electron chi connectivity index (χ0n) is 9.45. The van der Waals surface area contributed by atoms with E-state index in [1.807, 2.05) is 30.3 Å². The second-order valence-electron chi connectivity index (χ2n) is 3.79. The summed E-state index contributed by atoms with van der Waals surface area (Å²) in [6.07, 6.45) is 4.30. The standard InChI is InChI=1S/C7H15N.C6H5Cl/c1-2-8-6-4-3-5-7-8;7-6-4-2-1-3-5-6/h2-7H2,1H3;1-5H. The minimum Gasteiger partial charge on any atom is -0.304 e. The van der Waals surface area contributed by atoms with Crippen molar-refractivity contribution in [2.75, 3.05) is 19.6 Å². The van der Waals surface area contributed by atoms with Gasteiger partial charge in [0.1, 0.15) is 0 Å². The number of likely N-dealkylation sites (tertiary alicyclic amines) is 1. The lowest BCUT2D eigenvalue weighted by Crippen LogP contribution is -2.29. The first-order valence-corrected chi connectivity index (χ1v) is 6.13. The van der Waals surface area contributed by atoms with E-state index < -0.39 is 0 Å². The number of nitrogens with zero attached hydrogens (tertiary/aromatic N) is 1. The summed E-state index contributed by atoms with van der Waals surface area (Å²) in [6, 6.07) is 9.44. The highest BCUT2D eigenvalue weighted by molar-refractivity contribution is 6.30. The van der Waals surface area contributed by atoms with Gasteiger partial charge in [-0.1, -0.05) is 43.1 Å². The Morgan fingerprint density at radius 2 is 1.67 bits per heavy atom. The molecule has 0 N–H and O–H groups in total. The van der Waals surface area contributed by atoms with Gasteiger partial charge in [0.05, 0.1) is 0 Å². The molecule has 0 spiro atoms. The summed E-state index contributed by atoms with van der Waals surface area (Å²) in [7, 11) is 0. The molecule has 1 saturated heterocycles. The van der Waals surface area contributed by atoms with Gasteiger partial charge in [0, 0.05) is 5.02 Å². The number of piperidine rings is 1. The first kappa shape index (κ1) is 12.5. The van der Waals surface area contributed by atoms with Crippen LogP contribution in [0.25, 0.3) is 0 Å². The van der Waals surface area contributed by atoms with Gasteiger partial charge in [-0.3, -0.25) is 0 Å². The average Bonchev–Trinajstić information content (AvgIpc) is 2.32. The molecule has 1 nitrogen and oxygen atoms in total. The first-order chi connectivity index (χ1) is 7.33. The van der Waals surface area contributed by atoms with E-state index in [2.05, 4.69) is 11.8 Å². The van der Waals surface area contributed by atoms with E-state index in [0.29, 0.717) is 0 Å². The van der Waals surface area contributed by atoms with Crippen LogP contribution in [0.5, 0.6) is 0 Å². The molecule has 0 saturated carbocycles. The van der Waals surface area contributed by atoms with Crippen LogP contribution < -0.4 is 0 Å². The lowest BCUT2D eigenvalue weighted by Gasteiger charge is -2.24. The first-order valence-electron chi connectivity index (χ1n) is 5.76. The molecule has 1 aromatic rings. The van der Waals surface area contributed by atoms with Crippen molar-refractivity contribution in [2.24, 2.45) is 0 Å². The zero-order chi connectivity index (χ0) is 10.9. The van der Waals surface area contributed by atoms with Gasteiger partial charge in [-0.05, 0) is 44.6 Å². The number of hydrogen-bond donors (Lipinski definition) is 0. The maximum absolute atomic E-state index is 5.54. The van der Waals surface area contributed by atoms with Crippen LogP contribution in [0.3, 0.4) is 0 Å². The molecule has 1 aromatic carbocycles. The van der Waals surface area contributed by atoms with Crippen molar-refractivity contribution in [3.8, 4) is 0 Å². The molecule has 0 aromatic heterocycles. The van der Waals surface area contributed by atoms with E-state index in [0.717, 1.165) is 5.02 Å². The molecular weight excluding hydrogens is 206 g/mol. The molecule has 1 aliphatic rings. The molecule has 0 aliphatic carbocycles. The zero-order valence-corrected chi connectivity index (χ0v) is 10.2. The van der Waals surface area contributed by atoms with E-state index in [4.69, 9.17) is 11.6 Å². The van der Waals surface area contributed by atoms with Crippen LogP contribution in [0, 0.1) is 0 Å². The molecular formula is C13H20ClN. The fourth-order valence-electron chi connectivity index (χ4n) is 1.69. The molecule has 0 amide bonds. The molecule has 0 unspecified atom stereocenters. The third-order valence-corrected chi connectivity index (χ3v) is 2.88. The SMILES string of the molecule is CCN1CCCCC1.Clc1ccccc1. The third-order valence-electron chi connectivity index (χ3n) is 2.63. The van der Waals surface area contributed by atoms with Crippen molar-refractivity contribution in [1.29, 1.82) is 0 Å². The number of hydrogen-bond acceptors (Lipinski definition) is 1. The Bertz CT molecular complexity index is 242. The van der Waals surface area contributed by atoms with Gasteiger partial charge in [0.2, 0.25) is 0 Å². The minimum atomic E-state index is 0.794. The van der Waals surface area contributed by atoms with Gasteiger partial charge in [0.25, 0.3) is 0 Å². The molecule has 2 heteroatoms. The van der Waals surface area contributed by atoms with Crippen LogP contribution in [0.2, 0.25) is 5.02 Å². The van der Waals surface area contributed by atoms with Crippen molar-refractivity contribution in [3.05, 3.63) is 35.4 Å². The monoisotopic (exact) mass is 225 g/mol. The van der Waals surface area contributed by atoms with E-state index in [1.54, 1.807) is 0 Å². The molecule has 84 valence electrons. The third kappa shape index (κ3) is 5.81. The highest BCUT2D eigenvalue weighted by Gasteiger charge is 2.05. The van der Waals surface area contributed by atoms with Crippen LogP contribution in [-0.2, 0) is 0 Å². The van der Waals surface area contributed by atoms with Gasteiger partial charge in [-0.15, -0.1) is 0 Å². The maximum Gasteiger partial charge on any atom is 0.0405 e. The number of rotatable bonds is 1. The normalized spacial score (nSPS) is 16.7. The fraction of sp³-hybridized carbons (Fsp3) is 0.538. The van der Waals surface area contributed by atoms with Crippen molar-refractivity contribution in [2.45, 2.75) is 26.2 Å². The predicted octanol–water partition coefficient (Wildman–Crippen LogP) is 3.83. The average molecular weight is 226 g/mol. The van der Waals surface area contributed by atoms with E-state index in [9.17, 15) is 0 Å². The quantitative estimate of drug-likeness (QED) is 0.702. The van der Waals surface area contributed by atoms with E-state index in [1.165, 1.54) is 38.9 Å². The van der Waals surface area contributed by atoms with Gasteiger partial charge < -0.3 is 4.90 Å². The fourth-order valence-corrected chi connectivity index (χ4v) is 1.84. The van der Waals surface area contributed by atoms with Gasteiger partial charge in [-0.2, -0.15) is 0 Å². The van der Waals surface area contributed by atoms with Gasteiger partial charge in [0.15, 0.2) is 0 Å². The summed E-state index contributed by atoms with van der Waals surface area (Å²) in [5.41, 5.74) is 0. The van der Waals surface area contributed by atoms with Crippen LogP contribution in [-0.4, -0.2) is 24.5 Å². The predicted molar refractivity (Wildman–Crippen MR) is 67.4 cm³/mol. The molecule has 1 fully saturated rings. The minimum absolute atomic E-state index is 0.794. The lowest BCUT2D eigenvalue weighted by atomic mass is 10.1. The summed E-state index contributed by atoms with van der Waals surface area (Å²) in [4.78, 5) is 2.52. The van der Waals surface area contributed by atoms with E-state index >= 15 is 0 Å². The Hall–Kier alpha value is -0.530. The lowest BCUT2D eigenvalue weighted by molar-refractivity contribution is 0.240. The molecule has 15 heavy (non-hydrogen) atoms. The second kappa shape index (κ2) is 7.72. The molecule has 0 radical (unpaired) electrons. The Labute approximate surface area is 98.0 Å². The molecule has 2 rings (SSSR count). The van der Waals surface area contributed by atoms with Crippen LogP contribution in [0.4, 0.5) is 0 Å². The Kier molecular flexibility index (Phi) is 6.45. The largest absolute Gasteiger partial charge is 0.304 e.